The number of rotatable bonds is 4. The monoisotopic (exact) mass is 342 g/mol. The van der Waals surface area contributed by atoms with E-state index >= 15 is 0 Å². The van der Waals surface area contributed by atoms with E-state index in [2.05, 4.69) is 15.5 Å². The van der Waals surface area contributed by atoms with Crippen molar-refractivity contribution in [3.63, 3.8) is 0 Å². The average molecular weight is 343 g/mol. The Morgan fingerprint density at radius 3 is 2.96 bits per heavy atom. The van der Waals surface area contributed by atoms with Gasteiger partial charge >= 0.3 is 0 Å². The highest BCUT2D eigenvalue weighted by molar-refractivity contribution is 5.89. The number of nitrogens with zero attached hydrogens (tertiary/aromatic N) is 1. The highest BCUT2D eigenvalue weighted by atomic mass is 35.5. The first kappa shape index (κ1) is 18.2. The van der Waals surface area contributed by atoms with Crippen LogP contribution in [-0.4, -0.2) is 34.4 Å². The zero-order chi connectivity index (χ0) is 16.0. The first-order valence-electron chi connectivity index (χ1n) is 8.13. The van der Waals surface area contributed by atoms with E-state index in [0.29, 0.717) is 13.0 Å². The van der Waals surface area contributed by atoms with Gasteiger partial charge in [-0.05, 0) is 31.7 Å². The van der Waals surface area contributed by atoms with Crippen molar-refractivity contribution >= 4 is 18.3 Å². The number of aryl methyl sites for hydroxylation is 1. The molecule has 0 spiro atoms. The van der Waals surface area contributed by atoms with Gasteiger partial charge in [0.1, 0.15) is 5.54 Å². The van der Waals surface area contributed by atoms with Crippen LogP contribution in [0.2, 0.25) is 0 Å². The molecule has 1 aromatic heterocycles. The van der Waals surface area contributed by atoms with Crippen LogP contribution in [0.4, 0.5) is 0 Å². The lowest BCUT2D eigenvalue weighted by Gasteiger charge is -2.57. The number of fused-ring (bicyclic) bond motifs is 1. The smallest absolute Gasteiger partial charge is 0.241 e. The lowest BCUT2D eigenvalue weighted by Crippen LogP contribution is -2.75. The predicted octanol–water partition coefficient (Wildman–Crippen LogP) is 1.86. The third-order valence-corrected chi connectivity index (χ3v) is 5.58. The van der Waals surface area contributed by atoms with Gasteiger partial charge in [0.05, 0.1) is 24.0 Å². The molecule has 4 N–H and O–H groups in total. The van der Waals surface area contributed by atoms with E-state index in [0.717, 1.165) is 25.0 Å². The van der Waals surface area contributed by atoms with Crippen LogP contribution in [0.3, 0.4) is 0 Å². The fourth-order valence-corrected chi connectivity index (χ4v) is 3.71. The molecule has 6 nitrogen and oxygen atoms in total. The Morgan fingerprint density at radius 2 is 2.30 bits per heavy atom. The second kappa shape index (κ2) is 6.42. The van der Waals surface area contributed by atoms with Gasteiger partial charge in [-0.1, -0.05) is 13.8 Å². The van der Waals surface area contributed by atoms with Crippen molar-refractivity contribution in [1.29, 1.82) is 0 Å². The fraction of sp³-hybridized carbons (Fsp3) is 0.750. The van der Waals surface area contributed by atoms with Crippen molar-refractivity contribution in [1.82, 2.24) is 15.5 Å². The number of halogens is 1. The van der Waals surface area contributed by atoms with Gasteiger partial charge in [-0.2, -0.15) is 5.10 Å². The minimum absolute atomic E-state index is 0. The largest absolute Gasteiger partial charge is 0.378 e. The van der Waals surface area contributed by atoms with Gasteiger partial charge in [-0.25, -0.2) is 0 Å². The van der Waals surface area contributed by atoms with Crippen molar-refractivity contribution in [2.45, 2.75) is 64.1 Å². The summed E-state index contributed by atoms with van der Waals surface area (Å²) in [7, 11) is 0. The number of nitrogens with two attached hydrogens (primary N) is 1. The van der Waals surface area contributed by atoms with Crippen LogP contribution in [0.15, 0.2) is 6.20 Å². The first-order valence-corrected chi connectivity index (χ1v) is 8.13. The Morgan fingerprint density at radius 1 is 1.57 bits per heavy atom. The molecule has 0 radical (unpaired) electrons. The Hall–Kier alpha value is -1.11. The summed E-state index contributed by atoms with van der Waals surface area (Å²) in [6.45, 7) is 6.64. The van der Waals surface area contributed by atoms with Gasteiger partial charge in [-0.3, -0.25) is 9.89 Å². The van der Waals surface area contributed by atoms with Crippen LogP contribution in [0, 0.1) is 5.41 Å². The number of amides is 1. The van der Waals surface area contributed by atoms with Crippen LogP contribution < -0.4 is 11.1 Å². The van der Waals surface area contributed by atoms with Gasteiger partial charge in [0, 0.05) is 18.4 Å². The summed E-state index contributed by atoms with van der Waals surface area (Å²) in [5.41, 5.74) is 7.43. The minimum atomic E-state index is -0.871. The summed E-state index contributed by atoms with van der Waals surface area (Å²) < 4.78 is 5.70. The molecule has 1 heterocycles. The Balaban J connectivity index is 0.00000192. The van der Waals surface area contributed by atoms with Crippen LogP contribution in [0.25, 0.3) is 0 Å². The van der Waals surface area contributed by atoms with Crippen molar-refractivity contribution < 1.29 is 9.53 Å². The van der Waals surface area contributed by atoms with Crippen LogP contribution >= 0.6 is 12.4 Å². The van der Waals surface area contributed by atoms with E-state index in [9.17, 15) is 4.79 Å². The van der Waals surface area contributed by atoms with Crippen LogP contribution in [-0.2, 0) is 16.0 Å². The van der Waals surface area contributed by atoms with Gasteiger partial charge < -0.3 is 15.8 Å². The molecule has 2 aliphatic rings. The number of aromatic amines is 1. The van der Waals surface area contributed by atoms with Crippen molar-refractivity contribution in [3.8, 4) is 0 Å². The second-order valence-electron chi connectivity index (χ2n) is 7.07. The Bertz CT molecular complexity index is 574. The molecule has 1 saturated carbocycles. The SMILES string of the molecule is CCOC1CC(N)(C(=O)NC2CCCc3cn[nH]c32)C1(C)C.Cl. The zero-order valence-electron chi connectivity index (χ0n) is 14.0. The molecule has 0 aromatic carbocycles. The summed E-state index contributed by atoms with van der Waals surface area (Å²) in [5, 5.41) is 10.2. The van der Waals surface area contributed by atoms with Gasteiger partial charge in [0.25, 0.3) is 0 Å². The minimum Gasteiger partial charge on any atom is -0.378 e. The summed E-state index contributed by atoms with van der Waals surface area (Å²) in [6.07, 6.45) is 5.46. The maximum Gasteiger partial charge on any atom is 0.241 e. The normalized spacial score (nSPS) is 31.5. The van der Waals surface area contributed by atoms with Crippen LogP contribution in [0.1, 0.15) is 57.3 Å². The molecule has 3 rings (SSSR count). The first-order chi connectivity index (χ1) is 10.4. The summed E-state index contributed by atoms with van der Waals surface area (Å²) in [6, 6.07) is -0.0129. The zero-order valence-corrected chi connectivity index (χ0v) is 14.8. The average Bonchev–Trinajstić information content (AvgIpc) is 2.96. The number of H-pyrrole nitrogens is 1. The standard InChI is InChI=1S/C16H26N4O2.ClH/c1-4-22-12-8-16(17,15(12,2)3)14(21)19-11-7-5-6-10-9-18-20-13(10)11;/h9,11-12H,4-8,17H2,1-3H3,(H,18,20)(H,19,21);1H. The molecular weight excluding hydrogens is 316 g/mol. The summed E-state index contributed by atoms with van der Waals surface area (Å²) >= 11 is 0. The number of aromatic nitrogens is 2. The topological polar surface area (TPSA) is 93.0 Å². The highest BCUT2D eigenvalue weighted by Gasteiger charge is 2.63. The van der Waals surface area contributed by atoms with Gasteiger partial charge in [0.2, 0.25) is 5.91 Å². The molecule has 1 fully saturated rings. The third kappa shape index (κ3) is 2.77. The number of hydrogen-bond donors (Lipinski definition) is 3. The predicted molar refractivity (Wildman–Crippen MR) is 90.4 cm³/mol. The molecule has 130 valence electrons. The highest BCUT2D eigenvalue weighted by Crippen LogP contribution is 2.50. The third-order valence-electron chi connectivity index (χ3n) is 5.58. The fourth-order valence-electron chi connectivity index (χ4n) is 3.71. The summed E-state index contributed by atoms with van der Waals surface area (Å²) in [5.74, 6) is -0.0825. The number of carbonyl (C=O) groups excluding carboxylic acids is 1. The van der Waals surface area contributed by atoms with Crippen molar-refractivity contribution in [2.75, 3.05) is 6.61 Å². The molecule has 0 aliphatic heterocycles. The number of hydrogen-bond acceptors (Lipinski definition) is 4. The molecule has 23 heavy (non-hydrogen) atoms. The van der Waals surface area contributed by atoms with E-state index in [1.165, 1.54) is 5.56 Å². The van der Waals surface area contributed by atoms with Crippen molar-refractivity contribution in [2.24, 2.45) is 11.1 Å². The molecular formula is C16H27ClN4O2. The molecule has 3 atom stereocenters. The molecule has 2 aliphatic carbocycles. The second-order valence-corrected chi connectivity index (χ2v) is 7.07. The van der Waals surface area contributed by atoms with E-state index < -0.39 is 5.54 Å². The Kier molecular flexibility index (Phi) is 5.09. The van der Waals surface area contributed by atoms with E-state index in [4.69, 9.17) is 10.5 Å². The molecule has 7 heteroatoms. The molecule has 3 unspecified atom stereocenters. The maximum absolute atomic E-state index is 12.8. The molecule has 1 aromatic rings. The maximum atomic E-state index is 12.8. The van der Waals surface area contributed by atoms with Crippen LogP contribution in [0.5, 0.6) is 0 Å². The van der Waals surface area contributed by atoms with Crippen molar-refractivity contribution in [3.05, 3.63) is 17.5 Å². The molecule has 1 amide bonds. The lowest BCUT2D eigenvalue weighted by molar-refractivity contribution is -0.171. The number of nitrogens with one attached hydrogen (secondary N) is 2. The van der Waals surface area contributed by atoms with Gasteiger partial charge in [-0.15, -0.1) is 12.4 Å². The van der Waals surface area contributed by atoms with E-state index in [1.54, 1.807) is 0 Å². The quantitative estimate of drug-likeness (QED) is 0.778. The lowest BCUT2D eigenvalue weighted by atomic mass is 9.54. The Labute approximate surface area is 143 Å². The van der Waals surface area contributed by atoms with Gasteiger partial charge in [0.15, 0.2) is 0 Å². The molecule has 0 bridgehead atoms. The molecule has 0 saturated heterocycles. The summed E-state index contributed by atoms with van der Waals surface area (Å²) in [4.78, 5) is 12.8. The number of carbonyl (C=O) groups is 1. The van der Waals surface area contributed by atoms with E-state index in [1.807, 2.05) is 27.0 Å². The van der Waals surface area contributed by atoms with E-state index in [-0.39, 0.29) is 35.9 Å². The number of ether oxygens (including phenoxy) is 1.